The monoisotopic (exact) mass is 255 g/mol. The largest absolute Gasteiger partial charge is 0.480 e. The van der Waals surface area contributed by atoms with Gasteiger partial charge in [0.2, 0.25) is 5.88 Å². The highest BCUT2D eigenvalue weighted by molar-refractivity contribution is 5.96. The SMILES string of the molecule is COc1ncccc1C(=O)N1Cc2cccnc2C1. The molecule has 19 heavy (non-hydrogen) atoms. The van der Waals surface area contributed by atoms with Crippen LogP contribution in [0.15, 0.2) is 36.7 Å². The maximum atomic E-state index is 12.5. The van der Waals surface area contributed by atoms with Gasteiger partial charge in [0.15, 0.2) is 0 Å². The standard InChI is InChI=1S/C14H13N3O2/c1-19-13-11(5-3-7-16-13)14(18)17-8-10-4-2-6-15-12(10)9-17/h2-7H,8-9H2,1H3. The summed E-state index contributed by atoms with van der Waals surface area (Å²) >= 11 is 0. The Bertz CT molecular complexity index is 603. The number of carbonyl (C=O) groups is 1. The number of rotatable bonds is 2. The van der Waals surface area contributed by atoms with E-state index in [9.17, 15) is 4.79 Å². The molecule has 1 aliphatic heterocycles. The second-order valence-corrected chi connectivity index (χ2v) is 4.33. The molecule has 0 N–H and O–H groups in total. The van der Waals surface area contributed by atoms with Crippen LogP contribution in [-0.4, -0.2) is 27.9 Å². The van der Waals surface area contributed by atoms with Gasteiger partial charge in [0.1, 0.15) is 5.56 Å². The van der Waals surface area contributed by atoms with Gasteiger partial charge in [-0.1, -0.05) is 6.07 Å². The fourth-order valence-corrected chi connectivity index (χ4v) is 2.23. The van der Waals surface area contributed by atoms with Crippen LogP contribution in [-0.2, 0) is 13.1 Å². The maximum Gasteiger partial charge on any atom is 0.260 e. The van der Waals surface area contributed by atoms with Gasteiger partial charge in [-0.3, -0.25) is 9.78 Å². The van der Waals surface area contributed by atoms with E-state index in [-0.39, 0.29) is 5.91 Å². The number of amides is 1. The Balaban J connectivity index is 1.87. The molecule has 2 aromatic heterocycles. The fraction of sp³-hybridized carbons (Fsp3) is 0.214. The first-order chi connectivity index (χ1) is 9.29. The molecule has 0 unspecified atom stereocenters. The van der Waals surface area contributed by atoms with Crippen molar-refractivity contribution >= 4 is 5.91 Å². The van der Waals surface area contributed by atoms with Crippen molar-refractivity contribution in [3.63, 3.8) is 0 Å². The minimum atomic E-state index is -0.0806. The molecule has 5 nitrogen and oxygen atoms in total. The van der Waals surface area contributed by atoms with Crippen LogP contribution in [0.3, 0.4) is 0 Å². The first-order valence-electron chi connectivity index (χ1n) is 6.00. The van der Waals surface area contributed by atoms with E-state index in [1.807, 2.05) is 12.1 Å². The summed E-state index contributed by atoms with van der Waals surface area (Å²) in [4.78, 5) is 22.6. The molecular formula is C14H13N3O2. The number of ether oxygens (including phenoxy) is 1. The van der Waals surface area contributed by atoms with Crippen LogP contribution in [0.2, 0.25) is 0 Å². The summed E-state index contributed by atoms with van der Waals surface area (Å²) in [7, 11) is 1.51. The van der Waals surface area contributed by atoms with E-state index >= 15 is 0 Å². The van der Waals surface area contributed by atoms with Crippen molar-refractivity contribution < 1.29 is 9.53 Å². The van der Waals surface area contributed by atoms with Crippen LogP contribution in [0.5, 0.6) is 5.88 Å². The molecular weight excluding hydrogens is 242 g/mol. The normalized spacial score (nSPS) is 13.2. The molecule has 0 spiro atoms. The molecule has 0 saturated carbocycles. The molecule has 0 atom stereocenters. The molecule has 96 valence electrons. The van der Waals surface area contributed by atoms with Gasteiger partial charge in [-0.25, -0.2) is 4.98 Å². The number of aromatic nitrogens is 2. The average Bonchev–Trinajstić information content (AvgIpc) is 2.90. The second kappa shape index (κ2) is 4.68. The van der Waals surface area contributed by atoms with Gasteiger partial charge in [-0.2, -0.15) is 0 Å². The summed E-state index contributed by atoms with van der Waals surface area (Å²) in [6, 6.07) is 7.34. The molecule has 2 aromatic rings. The fourth-order valence-electron chi connectivity index (χ4n) is 2.23. The Kier molecular flexibility index (Phi) is 2.87. The number of fused-ring (bicyclic) bond motifs is 1. The lowest BCUT2D eigenvalue weighted by molar-refractivity contribution is 0.0746. The summed E-state index contributed by atoms with van der Waals surface area (Å²) in [5.74, 6) is 0.277. The highest BCUT2D eigenvalue weighted by Gasteiger charge is 2.26. The van der Waals surface area contributed by atoms with Gasteiger partial charge in [0.05, 0.1) is 19.3 Å². The second-order valence-electron chi connectivity index (χ2n) is 4.33. The maximum absolute atomic E-state index is 12.5. The van der Waals surface area contributed by atoms with E-state index in [2.05, 4.69) is 9.97 Å². The van der Waals surface area contributed by atoms with Crippen molar-refractivity contribution in [2.75, 3.05) is 7.11 Å². The number of hydrogen-bond donors (Lipinski definition) is 0. The van der Waals surface area contributed by atoms with Gasteiger partial charge in [-0.05, 0) is 23.8 Å². The van der Waals surface area contributed by atoms with Crippen molar-refractivity contribution in [3.8, 4) is 5.88 Å². The zero-order chi connectivity index (χ0) is 13.2. The molecule has 1 aliphatic rings. The van der Waals surface area contributed by atoms with Gasteiger partial charge < -0.3 is 9.64 Å². The lowest BCUT2D eigenvalue weighted by Gasteiger charge is -2.16. The van der Waals surface area contributed by atoms with E-state index < -0.39 is 0 Å². The van der Waals surface area contributed by atoms with Crippen molar-refractivity contribution in [2.45, 2.75) is 13.1 Å². The van der Waals surface area contributed by atoms with Crippen LogP contribution in [0.1, 0.15) is 21.6 Å². The topological polar surface area (TPSA) is 55.3 Å². The van der Waals surface area contributed by atoms with Crippen molar-refractivity contribution in [3.05, 3.63) is 53.5 Å². The van der Waals surface area contributed by atoms with E-state index in [1.54, 1.807) is 29.4 Å². The minimum Gasteiger partial charge on any atom is -0.480 e. The van der Waals surface area contributed by atoms with Crippen LogP contribution < -0.4 is 4.74 Å². The molecule has 0 aliphatic carbocycles. The summed E-state index contributed by atoms with van der Waals surface area (Å²) in [6.07, 6.45) is 3.35. The van der Waals surface area contributed by atoms with Crippen LogP contribution >= 0.6 is 0 Å². The van der Waals surface area contributed by atoms with E-state index in [0.29, 0.717) is 24.5 Å². The first kappa shape index (κ1) is 11.6. The van der Waals surface area contributed by atoms with Crippen LogP contribution in [0.25, 0.3) is 0 Å². The molecule has 0 saturated heterocycles. The zero-order valence-electron chi connectivity index (χ0n) is 10.5. The molecule has 0 radical (unpaired) electrons. The Morgan fingerprint density at radius 1 is 1.21 bits per heavy atom. The third-order valence-corrected chi connectivity index (χ3v) is 3.17. The molecule has 0 fully saturated rings. The summed E-state index contributed by atoms with van der Waals surface area (Å²) in [5.41, 5.74) is 2.54. The van der Waals surface area contributed by atoms with Crippen molar-refractivity contribution in [2.24, 2.45) is 0 Å². The third kappa shape index (κ3) is 2.03. The summed E-state index contributed by atoms with van der Waals surface area (Å²) < 4.78 is 5.13. The molecule has 3 heterocycles. The lowest BCUT2D eigenvalue weighted by Crippen LogP contribution is -2.26. The number of carbonyl (C=O) groups excluding carboxylic acids is 1. The molecule has 5 heteroatoms. The number of pyridine rings is 2. The smallest absolute Gasteiger partial charge is 0.260 e. The summed E-state index contributed by atoms with van der Waals surface area (Å²) in [5, 5.41) is 0. The van der Waals surface area contributed by atoms with Crippen molar-refractivity contribution in [1.29, 1.82) is 0 Å². The Morgan fingerprint density at radius 2 is 2.00 bits per heavy atom. The Morgan fingerprint density at radius 3 is 2.79 bits per heavy atom. The van der Waals surface area contributed by atoms with Gasteiger partial charge in [0, 0.05) is 18.9 Å². The minimum absolute atomic E-state index is 0.0806. The Labute approximate surface area is 110 Å². The average molecular weight is 255 g/mol. The summed E-state index contributed by atoms with van der Waals surface area (Å²) in [6.45, 7) is 1.12. The van der Waals surface area contributed by atoms with E-state index in [0.717, 1.165) is 11.3 Å². The molecule has 0 bridgehead atoms. The predicted molar refractivity (Wildman–Crippen MR) is 68.6 cm³/mol. The van der Waals surface area contributed by atoms with Crippen LogP contribution in [0.4, 0.5) is 0 Å². The van der Waals surface area contributed by atoms with Gasteiger partial charge >= 0.3 is 0 Å². The highest BCUT2D eigenvalue weighted by Crippen LogP contribution is 2.24. The van der Waals surface area contributed by atoms with E-state index in [4.69, 9.17) is 4.74 Å². The van der Waals surface area contributed by atoms with Crippen molar-refractivity contribution in [1.82, 2.24) is 14.9 Å². The molecule has 1 amide bonds. The number of methoxy groups -OCH3 is 1. The zero-order valence-corrected chi connectivity index (χ0v) is 10.5. The van der Waals surface area contributed by atoms with Gasteiger partial charge in [-0.15, -0.1) is 0 Å². The third-order valence-electron chi connectivity index (χ3n) is 3.17. The number of hydrogen-bond acceptors (Lipinski definition) is 4. The predicted octanol–water partition coefficient (Wildman–Crippen LogP) is 1.64. The van der Waals surface area contributed by atoms with Crippen LogP contribution in [0, 0.1) is 0 Å². The number of nitrogens with zero attached hydrogens (tertiary/aromatic N) is 3. The van der Waals surface area contributed by atoms with E-state index in [1.165, 1.54) is 7.11 Å². The highest BCUT2D eigenvalue weighted by atomic mass is 16.5. The van der Waals surface area contributed by atoms with Gasteiger partial charge in [0.25, 0.3) is 5.91 Å². The lowest BCUT2D eigenvalue weighted by atomic mass is 10.2. The quantitative estimate of drug-likeness (QED) is 0.818. The Hall–Kier alpha value is -2.43. The first-order valence-corrected chi connectivity index (χ1v) is 6.00. The molecule has 3 rings (SSSR count). The molecule has 0 aromatic carbocycles.